The van der Waals surface area contributed by atoms with Crippen molar-refractivity contribution in [3.8, 4) is 5.75 Å². The van der Waals surface area contributed by atoms with Crippen LogP contribution in [0.15, 0.2) is 42.5 Å². The molecule has 1 N–H and O–H groups in total. The summed E-state index contributed by atoms with van der Waals surface area (Å²) in [7, 11) is 1.51. The number of nitrogens with one attached hydrogen (secondary N) is 1. The van der Waals surface area contributed by atoms with E-state index in [9.17, 15) is 14.4 Å². The summed E-state index contributed by atoms with van der Waals surface area (Å²) in [5.41, 5.74) is 0.945. The summed E-state index contributed by atoms with van der Waals surface area (Å²) in [6.45, 7) is -0.334. The van der Waals surface area contributed by atoms with Crippen molar-refractivity contribution >= 4 is 52.4 Å². The van der Waals surface area contributed by atoms with E-state index >= 15 is 0 Å². The molecule has 0 spiro atoms. The number of rotatable bonds is 6. The zero-order chi connectivity index (χ0) is 21.0. The van der Waals surface area contributed by atoms with Crippen molar-refractivity contribution in [2.45, 2.75) is 6.42 Å². The molecular formula is C20H18Cl2N2O5. The third kappa shape index (κ3) is 4.99. The summed E-state index contributed by atoms with van der Waals surface area (Å²) >= 11 is 11.8. The number of hydrogen-bond acceptors (Lipinski definition) is 5. The van der Waals surface area contributed by atoms with Gasteiger partial charge in [0.25, 0.3) is 5.91 Å². The fourth-order valence-electron chi connectivity index (χ4n) is 2.98. The Morgan fingerprint density at radius 1 is 1.21 bits per heavy atom. The van der Waals surface area contributed by atoms with Gasteiger partial charge in [-0.1, -0.05) is 35.3 Å². The second-order valence-corrected chi connectivity index (χ2v) is 7.20. The van der Waals surface area contributed by atoms with E-state index in [-0.39, 0.29) is 23.9 Å². The van der Waals surface area contributed by atoms with Gasteiger partial charge in [0.2, 0.25) is 5.91 Å². The van der Waals surface area contributed by atoms with Crippen molar-refractivity contribution in [2.75, 3.05) is 30.5 Å². The van der Waals surface area contributed by atoms with E-state index in [2.05, 4.69) is 5.32 Å². The van der Waals surface area contributed by atoms with Crippen molar-refractivity contribution in [1.29, 1.82) is 0 Å². The number of anilines is 2. The molecule has 0 bridgehead atoms. The molecule has 0 radical (unpaired) electrons. The maximum atomic E-state index is 12.4. The van der Waals surface area contributed by atoms with Crippen molar-refractivity contribution in [3.63, 3.8) is 0 Å². The molecule has 2 aromatic rings. The van der Waals surface area contributed by atoms with Gasteiger partial charge >= 0.3 is 5.97 Å². The molecule has 0 saturated carbocycles. The van der Waals surface area contributed by atoms with E-state index in [0.717, 1.165) is 0 Å². The number of para-hydroxylation sites is 2. The van der Waals surface area contributed by atoms with Crippen LogP contribution in [0.1, 0.15) is 6.42 Å². The molecule has 1 aliphatic heterocycles. The van der Waals surface area contributed by atoms with Gasteiger partial charge in [-0.3, -0.25) is 14.4 Å². The first kappa shape index (κ1) is 21.0. The molecule has 1 fully saturated rings. The summed E-state index contributed by atoms with van der Waals surface area (Å²) in [5, 5.41) is 3.25. The quantitative estimate of drug-likeness (QED) is 0.699. The number of hydrogen-bond donors (Lipinski definition) is 1. The molecule has 1 saturated heterocycles. The first-order chi connectivity index (χ1) is 13.9. The Bertz CT molecular complexity index is 950. The van der Waals surface area contributed by atoms with Crippen LogP contribution in [0.4, 0.5) is 11.4 Å². The average molecular weight is 437 g/mol. The molecule has 1 heterocycles. The minimum absolute atomic E-state index is 0.00150. The Balaban J connectivity index is 1.56. The van der Waals surface area contributed by atoms with Crippen LogP contribution in [-0.2, 0) is 19.1 Å². The molecule has 29 heavy (non-hydrogen) atoms. The van der Waals surface area contributed by atoms with E-state index < -0.39 is 24.4 Å². The lowest BCUT2D eigenvalue weighted by Crippen LogP contribution is -2.28. The number of amides is 2. The molecular weight excluding hydrogens is 419 g/mol. The van der Waals surface area contributed by atoms with Crippen LogP contribution in [0.25, 0.3) is 0 Å². The van der Waals surface area contributed by atoms with E-state index in [0.29, 0.717) is 22.1 Å². The van der Waals surface area contributed by atoms with Gasteiger partial charge in [-0.25, -0.2) is 0 Å². The summed E-state index contributed by atoms with van der Waals surface area (Å²) in [6, 6.07) is 11.7. The Labute approximate surface area is 177 Å². The van der Waals surface area contributed by atoms with Crippen molar-refractivity contribution < 1.29 is 23.9 Å². The monoisotopic (exact) mass is 436 g/mol. The van der Waals surface area contributed by atoms with Crippen molar-refractivity contribution in [1.82, 2.24) is 0 Å². The third-order valence-electron chi connectivity index (χ3n) is 4.39. The molecule has 1 atom stereocenters. The van der Waals surface area contributed by atoms with Crippen LogP contribution in [0.2, 0.25) is 10.0 Å². The van der Waals surface area contributed by atoms with E-state index in [1.165, 1.54) is 18.1 Å². The van der Waals surface area contributed by atoms with Gasteiger partial charge in [0.1, 0.15) is 5.75 Å². The van der Waals surface area contributed by atoms with E-state index in [1.807, 2.05) is 0 Å². The molecule has 7 nitrogen and oxygen atoms in total. The number of halogens is 2. The van der Waals surface area contributed by atoms with E-state index in [1.54, 1.807) is 36.4 Å². The highest BCUT2D eigenvalue weighted by Crippen LogP contribution is 2.33. The summed E-state index contributed by atoms with van der Waals surface area (Å²) < 4.78 is 10.4. The second kappa shape index (κ2) is 9.15. The Kier molecular flexibility index (Phi) is 6.61. The molecule has 1 aliphatic rings. The molecule has 2 amide bonds. The molecule has 0 aromatic heterocycles. The maximum absolute atomic E-state index is 12.4. The normalized spacial score (nSPS) is 15.9. The number of benzene rings is 2. The lowest BCUT2D eigenvalue weighted by molar-refractivity contribution is -0.151. The number of esters is 1. The number of ether oxygens (including phenoxy) is 2. The first-order valence-corrected chi connectivity index (χ1v) is 9.49. The fraction of sp³-hybridized carbons (Fsp3) is 0.250. The van der Waals surface area contributed by atoms with Gasteiger partial charge < -0.3 is 19.7 Å². The first-order valence-electron chi connectivity index (χ1n) is 8.74. The minimum Gasteiger partial charge on any atom is -0.495 e. The maximum Gasteiger partial charge on any atom is 0.311 e. The Hall–Kier alpha value is -2.77. The summed E-state index contributed by atoms with van der Waals surface area (Å²) in [4.78, 5) is 38.2. The molecule has 152 valence electrons. The Morgan fingerprint density at radius 2 is 1.97 bits per heavy atom. The van der Waals surface area contributed by atoms with Gasteiger partial charge in [0, 0.05) is 18.0 Å². The van der Waals surface area contributed by atoms with Crippen LogP contribution in [0.3, 0.4) is 0 Å². The summed E-state index contributed by atoms with van der Waals surface area (Å²) in [6.07, 6.45) is 0.00150. The number of nitrogens with zero attached hydrogens (tertiary/aromatic N) is 1. The molecule has 9 heteroatoms. The standard InChI is InChI=1S/C20H18Cl2N2O5/c1-28-17-5-3-2-4-16(17)24-10-12(8-19(24)26)20(27)29-11-18(25)23-15-7-6-13(21)9-14(15)22/h2-7,9,12H,8,10-11H2,1H3,(H,23,25)/t12-/m0/s1. The van der Waals surface area contributed by atoms with Crippen molar-refractivity contribution in [3.05, 3.63) is 52.5 Å². The fourth-order valence-corrected chi connectivity index (χ4v) is 3.44. The van der Waals surface area contributed by atoms with Crippen LogP contribution in [-0.4, -0.2) is 38.0 Å². The third-order valence-corrected chi connectivity index (χ3v) is 4.93. The zero-order valence-electron chi connectivity index (χ0n) is 15.5. The minimum atomic E-state index is -0.667. The molecule has 3 rings (SSSR count). The van der Waals surface area contributed by atoms with Gasteiger partial charge in [0.05, 0.1) is 29.4 Å². The predicted molar refractivity (Wildman–Crippen MR) is 110 cm³/mol. The molecule has 2 aromatic carbocycles. The van der Waals surface area contributed by atoms with Crippen LogP contribution >= 0.6 is 23.2 Å². The second-order valence-electron chi connectivity index (χ2n) is 6.36. The van der Waals surface area contributed by atoms with Gasteiger partial charge in [-0.2, -0.15) is 0 Å². The SMILES string of the molecule is COc1ccccc1N1C[C@@H](C(=O)OCC(=O)Nc2ccc(Cl)cc2Cl)CC1=O. The zero-order valence-corrected chi connectivity index (χ0v) is 17.0. The van der Waals surface area contributed by atoms with Gasteiger partial charge in [-0.05, 0) is 30.3 Å². The topological polar surface area (TPSA) is 84.9 Å². The van der Waals surface area contributed by atoms with E-state index in [4.69, 9.17) is 32.7 Å². The molecule has 0 unspecified atom stereocenters. The highest BCUT2D eigenvalue weighted by atomic mass is 35.5. The number of carbonyl (C=O) groups excluding carboxylic acids is 3. The average Bonchev–Trinajstić information content (AvgIpc) is 3.09. The van der Waals surface area contributed by atoms with Crippen molar-refractivity contribution in [2.24, 2.45) is 5.92 Å². The predicted octanol–water partition coefficient (Wildman–Crippen LogP) is 3.54. The number of methoxy groups -OCH3 is 1. The lowest BCUT2D eigenvalue weighted by Gasteiger charge is -2.19. The van der Waals surface area contributed by atoms with Crippen LogP contribution in [0.5, 0.6) is 5.75 Å². The van der Waals surface area contributed by atoms with Crippen LogP contribution < -0.4 is 15.0 Å². The van der Waals surface area contributed by atoms with Gasteiger partial charge in [-0.15, -0.1) is 0 Å². The molecule has 0 aliphatic carbocycles. The summed E-state index contributed by atoms with van der Waals surface area (Å²) in [5.74, 6) is -1.51. The smallest absolute Gasteiger partial charge is 0.311 e. The number of carbonyl (C=O) groups is 3. The largest absolute Gasteiger partial charge is 0.495 e. The highest BCUT2D eigenvalue weighted by Gasteiger charge is 2.37. The lowest BCUT2D eigenvalue weighted by atomic mass is 10.1. The highest BCUT2D eigenvalue weighted by molar-refractivity contribution is 6.36. The van der Waals surface area contributed by atoms with Gasteiger partial charge in [0.15, 0.2) is 6.61 Å². The van der Waals surface area contributed by atoms with Crippen LogP contribution in [0, 0.1) is 5.92 Å². The Morgan fingerprint density at radius 3 is 2.69 bits per heavy atom.